The number of nitrogens with zero attached hydrogens (tertiary/aromatic N) is 1. The number of hydrogen-bond acceptors (Lipinski definition) is 3. The van der Waals surface area contributed by atoms with E-state index >= 15 is 0 Å². The van der Waals surface area contributed by atoms with E-state index < -0.39 is 16.2 Å². The van der Waals surface area contributed by atoms with Crippen molar-refractivity contribution in [3.63, 3.8) is 0 Å². The Labute approximate surface area is 129 Å². The number of carbonyl (C=O) groups is 1. The minimum Gasteiger partial charge on any atom is -0.481 e. The normalized spacial score (nSPS) is 13.3. The Morgan fingerprint density at radius 3 is 2.62 bits per heavy atom. The lowest BCUT2D eigenvalue weighted by Gasteiger charge is -2.21. The molecule has 0 bridgehead atoms. The minimum atomic E-state index is -3.71. The molecular weight excluding hydrogens is 316 g/mol. The molecule has 0 saturated heterocycles. The molecule has 0 spiro atoms. The Bertz CT molecular complexity index is 592. The number of carboxylic acid groups (broad SMARTS) is 1. The van der Waals surface area contributed by atoms with E-state index in [1.165, 1.54) is 7.05 Å². The molecule has 0 aliphatic heterocycles. The van der Waals surface area contributed by atoms with Crippen LogP contribution in [-0.2, 0) is 21.4 Å². The quantitative estimate of drug-likeness (QED) is 0.754. The fourth-order valence-corrected chi connectivity index (χ4v) is 3.07. The minimum absolute atomic E-state index is 0.0799. The molecule has 21 heavy (non-hydrogen) atoms. The van der Waals surface area contributed by atoms with Crippen molar-refractivity contribution in [3.05, 3.63) is 34.9 Å². The number of rotatable bonds is 8. The van der Waals surface area contributed by atoms with Crippen molar-refractivity contribution in [2.75, 3.05) is 13.6 Å². The zero-order valence-electron chi connectivity index (χ0n) is 11.9. The molecule has 0 amide bonds. The predicted molar refractivity (Wildman–Crippen MR) is 81.6 cm³/mol. The molecule has 1 aromatic rings. The van der Waals surface area contributed by atoms with Crippen molar-refractivity contribution in [1.82, 2.24) is 9.03 Å². The van der Waals surface area contributed by atoms with Crippen molar-refractivity contribution < 1.29 is 18.3 Å². The maximum atomic E-state index is 12.0. The molecule has 1 atom stereocenters. The van der Waals surface area contributed by atoms with Gasteiger partial charge in [0.15, 0.2) is 0 Å². The third kappa shape index (κ3) is 6.01. The molecule has 0 radical (unpaired) electrons. The van der Waals surface area contributed by atoms with E-state index in [0.717, 1.165) is 9.87 Å². The summed E-state index contributed by atoms with van der Waals surface area (Å²) in [5, 5.41) is 9.16. The molecule has 6 nitrogen and oxygen atoms in total. The van der Waals surface area contributed by atoms with Crippen LogP contribution in [0.25, 0.3) is 0 Å². The molecule has 1 unspecified atom stereocenters. The molecule has 1 rings (SSSR count). The van der Waals surface area contributed by atoms with E-state index in [1.807, 2.05) is 12.1 Å². The molecule has 0 fully saturated rings. The van der Waals surface area contributed by atoms with Gasteiger partial charge in [-0.3, -0.25) is 4.79 Å². The van der Waals surface area contributed by atoms with Gasteiger partial charge in [0, 0.05) is 24.7 Å². The number of carboxylic acids is 1. The van der Waals surface area contributed by atoms with E-state index in [2.05, 4.69) is 4.72 Å². The van der Waals surface area contributed by atoms with Gasteiger partial charge in [-0.2, -0.15) is 17.4 Å². The molecule has 1 aromatic carbocycles. The number of nitrogens with one attached hydrogen (secondary N) is 1. The summed E-state index contributed by atoms with van der Waals surface area (Å²) >= 11 is 6.03. The van der Waals surface area contributed by atoms with Crippen molar-refractivity contribution in [3.8, 4) is 0 Å². The van der Waals surface area contributed by atoms with Gasteiger partial charge in [0.2, 0.25) is 0 Å². The second kappa shape index (κ2) is 7.74. The van der Waals surface area contributed by atoms with Crippen LogP contribution in [0, 0.1) is 0 Å². The van der Waals surface area contributed by atoms with Gasteiger partial charge in [-0.25, -0.2) is 0 Å². The summed E-state index contributed by atoms with van der Waals surface area (Å²) < 4.78 is 27.5. The Balaban J connectivity index is 2.62. The van der Waals surface area contributed by atoms with Crippen molar-refractivity contribution in [2.45, 2.75) is 25.8 Å². The van der Waals surface area contributed by atoms with Crippen LogP contribution in [-0.4, -0.2) is 43.4 Å². The van der Waals surface area contributed by atoms with E-state index in [1.54, 1.807) is 19.1 Å². The molecule has 0 aliphatic rings. The van der Waals surface area contributed by atoms with Crippen LogP contribution >= 0.6 is 11.6 Å². The SMILES string of the molecule is CC(Cc1ccccc1Cl)NS(=O)(=O)N(C)CCC(=O)O. The first kappa shape index (κ1) is 17.9. The molecule has 2 N–H and O–H groups in total. The van der Waals surface area contributed by atoms with Crippen LogP contribution in [0.2, 0.25) is 5.02 Å². The highest BCUT2D eigenvalue weighted by Gasteiger charge is 2.21. The van der Waals surface area contributed by atoms with E-state index in [4.69, 9.17) is 16.7 Å². The lowest BCUT2D eigenvalue weighted by atomic mass is 10.1. The molecule has 0 heterocycles. The average Bonchev–Trinajstić information content (AvgIpc) is 2.37. The Morgan fingerprint density at radius 2 is 2.05 bits per heavy atom. The zero-order valence-corrected chi connectivity index (χ0v) is 13.5. The summed E-state index contributed by atoms with van der Waals surface area (Å²) in [6, 6.07) is 6.86. The largest absolute Gasteiger partial charge is 0.481 e. The van der Waals surface area contributed by atoms with Crippen molar-refractivity contribution in [2.24, 2.45) is 0 Å². The number of hydrogen-bond donors (Lipinski definition) is 2. The molecular formula is C13H19ClN2O4S. The maximum absolute atomic E-state index is 12.0. The fraction of sp³-hybridized carbons (Fsp3) is 0.462. The second-order valence-electron chi connectivity index (χ2n) is 4.78. The number of halogens is 1. The molecule has 8 heteroatoms. The summed E-state index contributed by atoms with van der Waals surface area (Å²) in [4.78, 5) is 10.5. The Kier molecular flexibility index (Phi) is 6.60. The van der Waals surface area contributed by atoms with E-state index in [0.29, 0.717) is 11.4 Å². The summed E-state index contributed by atoms with van der Waals surface area (Å²) in [5.41, 5.74) is 0.850. The lowest BCUT2D eigenvalue weighted by Crippen LogP contribution is -2.44. The first-order valence-corrected chi connectivity index (χ1v) is 8.23. The van der Waals surface area contributed by atoms with Crippen molar-refractivity contribution in [1.29, 1.82) is 0 Å². The predicted octanol–water partition coefficient (Wildman–Crippen LogP) is 1.51. The number of benzene rings is 1. The summed E-state index contributed by atoms with van der Waals surface area (Å²) in [5.74, 6) is -1.04. The highest BCUT2D eigenvalue weighted by Crippen LogP contribution is 2.16. The first-order chi connectivity index (χ1) is 9.72. The van der Waals surface area contributed by atoms with E-state index in [-0.39, 0.29) is 19.0 Å². The van der Waals surface area contributed by atoms with Gasteiger partial charge in [0.25, 0.3) is 10.2 Å². The van der Waals surface area contributed by atoms with Crippen LogP contribution in [0.4, 0.5) is 0 Å². The summed E-state index contributed by atoms with van der Waals surface area (Å²) in [6.45, 7) is 1.65. The molecule has 0 aromatic heterocycles. The molecule has 118 valence electrons. The van der Waals surface area contributed by atoms with Crippen LogP contribution in [0.3, 0.4) is 0 Å². The topological polar surface area (TPSA) is 86.7 Å². The van der Waals surface area contributed by atoms with E-state index in [9.17, 15) is 13.2 Å². The van der Waals surface area contributed by atoms with Crippen LogP contribution < -0.4 is 4.72 Å². The third-order valence-corrected chi connectivity index (χ3v) is 4.96. The van der Waals surface area contributed by atoms with Crippen molar-refractivity contribution >= 4 is 27.8 Å². The standard InChI is InChI=1S/C13H19ClN2O4S/c1-10(9-11-5-3-4-6-12(11)14)15-21(19,20)16(2)8-7-13(17)18/h3-6,10,15H,7-9H2,1-2H3,(H,17,18). The Hall–Kier alpha value is -1.15. The average molecular weight is 335 g/mol. The van der Waals surface area contributed by atoms with Gasteiger partial charge in [0.05, 0.1) is 6.42 Å². The number of aliphatic carboxylic acids is 1. The van der Waals surface area contributed by atoms with Gasteiger partial charge in [0.1, 0.15) is 0 Å². The first-order valence-electron chi connectivity index (χ1n) is 6.41. The van der Waals surface area contributed by atoms with Crippen LogP contribution in [0.1, 0.15) is 18.9 Å². The highest BCUT2D eigenvalue weighted by atomic mass is 35.5. The third-order valence-electron chi connectivity index (χ3n) is 2.88. The summed E-state index contributed by atoms with van der Waals surface area (Å²) in [7, 11) is -2.37. The van der Waals surface area contributed by atoms with Gasteiger partial charge >= 0.3 is 5.97 Å². The smallest absolute Gasteiger partial charge is 0.304 e. The zero-order chi connectivity index (χ0) is 16.0. The van der Waals surface area contributed by atoms with Gasteiger partial charge in [-0.15, -0.1) is 0 Å². The highest BCUT2D eigenvalue weighted by molar-refractivity contribution is 7.87. The monoisotopic (exact) mass is 334 g/mol. The van der Waals surface area contributed by atoms with Crippen LogP contribution in [0.5, 0.6) is 0 Å². The molecule has 0 aliphatic carbocycles. The fourth-order valence-electron chi connectivity index (χ4n) is 1.75. The van der Waals surface area contributed by atoms with Crippen LogP contribution in [0.15, 0.2) is 24.3 Å². The lowest BCUT2D eigenvalue weighted by molar-refractivity contribution is -0.137. The van der Waals surface area contributed by atoms with Gasteiger partial charge < -0.3 is 5.11 Å². The van der Waals surface area contributed by atoms with Gasteiger partial charge in [-0.1, -0.05) is 29.8 Å². The maximum Gasteiger partial charge on any atom is 0.304 e. The summed E-state index contributed by atoms with van der Waals surface area (Å²) in [6.07, 6.45) is 0.210. The second-order valence-corrected chi connectivity index (χ2v) is 7.00. The molecule has 0 saturated carbocycles. The van der Waals surface area contributed by atoms with Gasteiger partial charge in [-0.05, 0) is 25.0 Å². The Morgan fingerprint density at radius 1 is 1.43 bits per heavy atom.